The van der Waals surface area contributed by atoms with E-state index >= 15 is 0 Å². The number of nitrogens with zero attached hydrogens (tertiary/aromatic N) is 2. The number of anilines is 1. The van der Waals surface area contributed by atoms with Gasteiger partial charge in [-0.3, -0.25) is 13.9 Å². The first kappa shape index (κ1) is 27.3. The Morgan fingerprint density at radius 3 is 2.13 bits per heavy atom. The minimum absolute atomic E-state index is 0.0318. The van der Waals surface area contributed by atoms with Crippen LogP contribution in [0.25, 0.3) is 0 Å². The Kier molecular flexibility index (Phi) is 8.78. The summed E-state index contributed by atoms with van der Waals surface area (Å²) in [6, 6.07) is 21.3. The molecular weight excluding hydrogens is 505 g/mol. The van der Waals surface area contributed by atoms with Crippen molar-refractivity contribution in [3.8, 4) is 0 Å². The summed E-state index contributed by atoms with van der Waals surface area (Å²) in [5.74, 6) is -1.48. The van der Waals surface area contributed by atoms with E-state index < -0.39 is 34.3 Å². The first-order chi connectivity index (χ1) is 18.3. The molecule has 1 atom stereocenters. The Balaban J connectivity index is 1.66. The molecule has 0 unspecified atom stereocenters. The zero-order valence-corrected chi connectivity index (χ0v) is 22.1. The first-order valence-electron chi connectivity index (χ1n) is 12.7. The molecule has 1 saturated carbocycles. The van der Waals surface area contributed by atoms with Gasteiger partial charge in [-0.05, 0) is 50.1 Å². The third kappa shape index (κ3) is 6.39. The fourth-order valence-electron chi connectivity index (χ4n) is 4.63. The van der Waals surface area contributed by atoms with Crippen molar-refractivity contribution < 1.29 is 22.4 Å². The number of hydrogen-bond acceptors (Lipinski definition) is 4. The van der Waals surface area contributed by atoms with E-state index in [2.05, 4.69) is 5.32 Å². The van der Waals surface area contributed by atoms with Crippen LogP contribution in [0.3, 0.4) is 0 Å². The zero-order valence-electron chi connectivity index (χ0n) is 21.3. The largest absolute Gasteiger partial charge is 0.352 e. The molecule has 3 aromatic carbocycles. The molecule has 1 N–H and O–H groups in total. The summed E-state index contributed by atoms with van der Waals surface area (Å²) in [6.45, 7) is 0.844. The maximum atomic E-state index is 14.6. The van der Waals surface area contributed by atoms with Crippen LogP contribution >= 0.6 is 0 Å². The third-order valence-corrected chi connectivity index (χ3v) is 8.61. The lowest BCUT2D eigenvalue weighted by Crippen LogP contribution is -2.52. The predicted molar refractivity (Wildman–Crippen MR) is 144 cm³/mol. The van der Waals surface area contributed by atoms with Gasteiger partial charge in [0, 0.05) is 18.2 Å². The van der Waals surface area contributed by atoms with Crippen LogP contribution in [0.2, 0.25) is 0 Å². The second-order valence-corrected chi connectivity index (χ2v) is 11.3. The Bertz CT molecular complexity index is 1350. The van der Waals surface area contributed by atoms with E-state index in [-0.39, 0.29) is 29.0 Å². The fourth-order valence-corrected chi connectivity index (χ4v) is 6.06. The second kappa shape index (κ2) is 12.2. The Labute approximate surface area is 223 Å². The van der Waals surface area contributed by atoms with Crippen LogP contribution in [0.5, 0.6) is 0 Å². The topological polar surface area (TPSA) is 86.8 Å². The lowest BCUT2D eigenvalue weighted by Gasteiger charge is -2.32. The van der Waals surface area contributed by atoms with Crippen LogP contribution in [0.1, 0.15) is 38.2 Å². The highest BCUT2D eigenvalue weighted by Crippen LogP contribution is 2.25. The molecule has 0 spiro atoms. The van der Waals surface area contributed by atoms with Crippen LogP contribution in [-0.2, 0) is 26.2 Å². The highest BCUT2D eigenvalue weighted by Gasteiger charge is 2.33. The summed E-state index contributed by atoms with van der Waals surface area (Å²) < 4.78 is 42.9. The average Bonchev–Trinajstić information content (AvgIpc) is 3.44. The number of para-hydroxylation sites is 1. The van der Waals surface area contributed by atoms with Gasteiger partial charge in [-0.1, -0.05) is 67.4 Å². The van der Waals surface area contributed by atoms with Gasteiger partial charge in [0.15, 0.2) is 0 Å². The summed E-state index contributed by atoms with van der Waals surface area (Å²) in [4.78, 5) is 28.3. The van der Waals surface area contributed by atoms with Gasteiger partial charge in [0.1, 0.15) is 18.4 Å². The van der Waals surface area contributed by atoms with E-state index in [4.69, 9.17) is 0 Å². The van der Waals surface area contributed by atoms with Crippen LogP contribution in [-0.4, -0.2) is 43.8 Å². The van der Waals surface area contributed by atoms with Gasteiger partial charge < -0.3 is 10.2 Å². The maximum Gasteiger partial charge on any atom is 0.264 e. The zero-order chi connectivity index (χ0) is 27.1. The number of hydrogen-bond donors (Lipinski definition) is 1. The van der Waals surface area contributed by atoms with E-state index in [0.717, 1.165) is 30.0 Å². The van der Waals surface area contributed by atoms with Crippen molar-refractivity contribution >= 4 is 27.5 Å². The summed E-state index contributed by atoms with van der Waals surface area (Å²) in [7, 11) is -4.12. The smallest absolute Gasteiger partial charge is 0.264 e. The van der Waals surface area contributed by atoms with E-state index in [1.807, 2.05) is 0 Å². The van der Waals surface area contributed by atoms with Crippen LogP contribution in [0, 0.1) is 5.82 Å². The lowest BCUT2D eigenvalue weighted by atomic mass is 10.1. The van der Waals surface area contributed by atoms with Crippen LogP contribution in [0.4, 0.5) is 10.1 Å². The van der Waals surface area contributed by atoms with Crippen LogP contribution in [0.15, 0.2) is 89.8 Å². The molecule has 200 valence electrons. The lowest BCUT2D eigenvalue weighted by molar-refractivity contribution is -0.139. The minimum Gasteiger partial charge on any atom is -0.352 e. The summed E-state index contributed by atoms with van der Waals surface area (Å²) >= 11 is 0. The molecular formula is C29H32FN3O4S. The minimum atomic E-state index is -4.12. The number of carbonyl (C=O) groups is 2. The van der Waals surface area contributed by atoms with Crippen molar-refractivity contribution in [1.82, 2.24) is 10.2 Å². The molecule has 9 heteroatoms. The van der Waals surface area contributed by atoms with Crippen LogP contribution < -0.4 is 9.62 Å². The van der Waals surface area contributed by atoms with E-state index in [0.29, 0.717) is 5.69 Å². The van der Waals surface area contributed by atoms with Gasteiger partial charge in [-0.15, -0.1) is 0 Å². The molecule has 1 aliphatic carbocycles. The number of halogens is 1. The van der Waals surface area contributed by atoms with Crippen molar-refractivity contribution in [1.29, 1.82) is 0 Å². The number of benzene rings is 3. The fraction of sp³-hybridized carbons (Fsp3) is 0.310. The molecule has 4 rings (SSSR count). The van der Waals surface area contributed by atoms with Gasteiger partial charge in [-0.2, -0.15) is 0 Å². The molecule has 2 amide bonds. The quantitative estimate of drug-likeness (QED) is 0.413. The molecule has 0 aromatic heterocycles. The predicted octanol–water partition coefficient (Wildman–Crippen LogP) is 4.50. The van der Waals surface area contributed by atoms with Gasteiger partial charge in [0.2, 0.25) is 11.8 Å². The average molecular weight is 538 g/mol. The molecule has 0 saturated heterocycles. The highest BCUT2D eigenvalue weighted by molar-refractivity contribution is 7.92. The number of nitrogens with one attached hydrogen (secondary N) is 1. The molecule has 7 nitrogen and oxygen atoms in total. The van der Waals surface area contributed by atoms with Crippen molar-refractivity contribution in [3.63, 3.8) is 0 Å². The molecule has 0 aliphatic heterocycles. The molecule has 38 heavy (non-hydrogen) atoms. The van der Waals surface area contributed by atoms with E-state index in [1.165, 1.54) is 23.1 Å². The van der Waals surface area contributed by atoms with E-state index in [9.17, 15) is 22.4 Å². The molecule has 1 fully saturated rings. The van der Waals surface area contributed by atoms with Crippen molar-refractivity contribution in [2.75, 3.05) is 10.8 Å². The Hall–Kier alpha value is -3.72. The number of carbonyl (C=O) groups excluding carboxylic acids is 2. The SMILES string of the molecule is C[C@@H](C(=O)NC1CCCC1)N(Cc1ccccc1F)C(=O)CN(c1ccccc1)S(=O)(=O)c1ccccc1. The molecule has 0 heterocycles. The van der Waals surface area contributed by atoms with Gasteiger partial charge >= 0.3 is 0 Å². The molecule has 0 radical (unpaired) electrons. The Morgan fingerprint density at radius 2 is 1.50 bits per heavy atom. The van der Waals surface area contributed by atoms with Gasteiger partial charge in [0.05, 0.1) is 10.6 Å². The standard InChI is InChI=1S/C29H32FN3O4S/c1-22(29(35)31-24-13-9-10-14-24)32(20-23-12-8-11-19-27(23)30)28(34)21-33(25-15-4-2-5-16-25)38(36,37)26-17-6-3-7-18-26/h2-8,11-12,15-19,22,24H,9-10,13-14,20-21H2,1H3,(H,31,35)/t22-/m0/s1. The van der Waals surface area contributed by atoms with Crippen molar-refractivity contribution in [2.45, 2.75) is 56.1 Å². The molecule has 3 aromatic rings. The number of amides is 2. The Morgan fingerprint density at radius 1 is 0.921 bits per heavy atom. The van der Waals surface area contributed by atoms with E-state index in [1.54, 1.807) is 73.7 Å². The third-order valence-electron chi connectivity index (χ3n) is 6.82. The first-order valence-corrected chi connectivity index (χ1v) is 14.2. The summed E-state index contributed by atoms with van der Waals surface area (Å²) in [6.07, 6.45) is 3.80. The monoisotopic (exact) mass is 537 g/mol. The number of sulfonamides is 1. The second-order valence-electron chi connectivity index (χ2n) is 9.44. The van der Waals surface area contributed by atoms with Gasteiger partial charge in [0.25, 0.3) is 10.0 Å². The van der Waals surface area contributed by atoms with Crippen molar-refractivity contribution in [2.24, 2.45) is 0 Å². The maximum absolute atomic E-state index is 14.6. The highest BCUT2D eigenvalue weighted by atomic mass is 32.2. The summed E-state index contributed by atoms with van der Waals surface area (Å²) in [5.41, 5.74) is 0.539. The molecule has 1 aliphatic rings. The van der Waals surface area contributed by atoms with Gasteiger partial charge in [-0.25, -0.2) is 12.8 Å². The molecule has 0 bridgehead atoms. The number of rotatable bonds is 10. The van der Waals surface area contributed by atoms with Crippen molar-refractivity contribution in [3.05, 3.63) is 96.3 Å². The summed E-state index contributed by atoms with van der Waals surface area (Å²) in [5, 5.41) is 3.00. The normalized spacial score (nSPS) is 14.6.